The highest BCUT2D eigenvalue weighted by atomic mass is 35.5. The third kappa shape index (κ3) is 5.37. The third-order valence-corrected chi connectivity index (χ3v) is 6.30. The van der Waals surface area contributed by atoms with E-state index < -0.39 is 23.6 Å². The SMILES string of the molecule is CC1CN(c2ncccc2Cl)CCN1c1nc(Cl)nc(Nc2ccc(C(F)(C(F)(F)F)C(F)(F)F)cc2)n1. The number of hydrogen-bond donors (Lipinski definition) is 1. The van der Waals surface area contributed by atoms with Crippen LogP contribution in [0.2, 0.25) is 10.3 Å². The lowest BCUT2D eigenvalue weighted by Crippen LogP contribution is -2.53. The Labute approximate surface area is 221 Å². The first-order valence-electron chi connectivity index (χ1n) is 10.9. The molecule has 4 rings (SSSR count). The summed E-state index contributed by atoms with van der Waals surface area (Å²) < 4.78 is 92.3. The molecule has 0 bridgehead atoms. The van der Waals surface area contributed by atoms with Crippen molar-refractivity contribution in [3.05, 3.63) is 58.5 Å². The summed E-state index contributed by atoms with van der Waals surface area (Å²) in [6, 6.07) is 5.79. The Morgan fingerprint density at radius 3 is 2.13 bits per heavy atom. The molecule has 2 aromatic heterocycles. The molecule has 1 atom stereocenters. The maximum absolute atomic E-state index is 14.3. The Morgan fingerprint density at radius 1 is 0.895 bits per heavy atom. The van der Waals surface area contributed by atoms with Gasteiger partial charge in [0.15, 0.2) is 0 Å². The van der Waals surface area contributed by atoms with E-state index in [2.05, 4.69) is 25.3 Å². The van der Waals surface area contributed by atoms with Gasteiger partial charge in [-0.2, -0.15) is 41.3 Å². The third-order valence-electron chi connectivity index (χ3n) is 5.84. The summed E-state index contributed by atoms with van der Waals surface area (Å²) in [5, 5.41) is 2.94. The summed E-state index contributed by atoms with van der Waals surface area (Å²) in [4.78, 5) is 20.5. The number of halogens is 9. The number of alkyl halides is 7. The number of pyridine rings is 1. The van der Waals surface area contributed by atoms with Crippen molar-refractivity contribution < 1.29 is 30.7 Å². The van der Waals surface area contributed by atoms with Crippen LogP contribution in [0.15, 0.2) is 42.6 Å². The Hall–Kier alpha value is -3.13. The molecule has 38 heavy (non-hydrogen) atoms. The van der Waals surface area contributed by atoms with Gasteiger partial charge >= 0.3 is 18.0 Å². The van der Waals surface area contributed by atoms with Crippen LogP contribution in [0.4, 0.5) is 54.1 Å². The maximum Gasteiger partial charge on any atom is 0.435 e. The van der Waals surface area contributed by atoms with E-state index >= 15 is 0 Å². The predicted molar refractivity (Wildman–Crippen MR) is 128 cm³/mol. The highest BCUT2D eigenvalue weighted by Gasteiger charge is 2.73. The van der Waals surface area contributed by atoms with Crippen LogP contribution in [0.3, 0.4) is 0 Å². The van der Waals surface area contributed by atoms with Crippen LogP contribution >= 0.6 is 23.2 Å². The fraction of sp³-hybridized carbons (Fsp3) is 0.364. The van der Waals surface area contributed by atoms with Gasteiger partial charge in [0.2, 0.25) is 17.2 Å². The lowest BCUT2D eigenvalue weighted by molar-refractivity contribution is -0.348. The number of piperazine rings is 1. The van der Waals surface area contributed by atoms with Gasteiger partial charge in [-0.05, 0) is 42.8 Å². The van der Waals surface area contributed by atoms with E-state index in [1.807, 2.05) is 16.7 Å². The fourth-order valence-electron chi connectivity index (χ4n) is 3.98. The first kappa shape index (κ1) is 27.9. The van der Waals surface area contributed by atoms with E-state index in [0.717, 1.165) is 12.1 Å². The van der Waals surface area contributed by atoms with Crippen LogP contribution in [-0.4, -0.2) is 58.0 Å². The monoisotopic (exact) mass is 583 g/mol. The molecule has 1 fully saturated rings. The lowest BCUT2D eigenvalue weighted by Gasteiger charge is -2.40. The molecule has 0 saturated carbocycles. The Balaban J connectivity index is 1.52. The molecule has 1 N–H and O–H groups in total. The van der Waals surface area contributed by atoms with E-state index in [4.69, 9.17) is 23.2 Å². The van der Waals surface area contributed by atoms with E-state index in [1.165, 1.54) is 0 Å². The van der Waals surface area contributed by atoms with Crippen molar-refractivity contribution in [3.63, 3.8) is 0 Å². The molecule has 3 heterocycles. The molecule has 0 aliphatic carbocycles. The van der Waals surface area contributed by atoms with Crippen molar-refractivity contribution in [3.8, 4) is 0 Å². The summed E-state index contributed by atoms with van der Waals surface area (Å²) in [7, 11) is 0. The first-order chi connectivity index (χ1) is 17.7. The Bertz CT molecular complexity index is 1270. The summed E-state index contributed by atoms with van der Waals surface area (Å²) in [6.45, 7) is 3.42. The van der Waals surface area contributed by atoms with Crippen LogP contribution in [0.25, 0.3) is 0 Å². The van der Waals surface area contributed by atoms with Gasteiger partial charge in [-0.15, -0.1) is 0 Å². The van der Waals surface area contributed by atoms with E-state index in [0.29, 0.717) is 42.6 Å². The van der Waals surface area contributed by atoms with Gasteiger partial charge in [-0.3, -0.25) is 0 Å². The van der Waals surface area contributed by atoms with Gasteiger partial charge in [-0.25, -0.2) is 9.37 Å². The molecule has 1 aromatic carbocycles. The van der Waals surface area contributed by atoms with Crippen LogP contribution in [0.1, 0.15) is 12.5 Å². The molecule has 1 saturated heterocycles. The van der Waals surface area contributed by atoms with E-state index in [9.17, 15) is 30.7 Å². The van der Waals surface area contributed by atoms with Crippen LogP contribution in [0.5, 0.6) is 0 Å². The second kappa shape index (κ2) is 10.2. The number of anilines is 4. The van der Waals surface area contributed by atoms with E-state index in [-0.39, 0.29) is 28.9 Å². The smallest absolute Gasteiger partial charge is 0.352 e. The van der Waals surface area contributed by atoms with Crippen molar-refractivity contribution in [2.75, 3.05) is 34.8 Å². The molecule has 0 radical (unpaired) electrons. The molecule has 1 unspecified atom stereocenters. The number of benzene rings is 1. The van der Waals surface area contributed by atoms with Crippen molar-refractivity contribution in [2.45, 2.75) is 31.0 Å². The number of nitrogens with one attached hydrogen (secondary N) is 1. The van der Waals surface area contributed by atoms with Crippen LogP contribution in [0, 0.1) is 0 Å². The second-order valence-corrected chi connectivity index (χ2v) is 9.13. The fourth-order valence-corrected chi connectivity index (χ4v) is 4.38. The van der Waals surface area contributed by atoms with Gasteiger partial charge in [-0.1, -0.05) is 23.7 Å². The number of aromatic nitrogens is 4. The van der Waals surface area contributed by atoms with Crippen LogP contribution in [-0.2, 0) is 5.67 Å². The van der Waals surface area contributed by atoms with Crippen LogP contribution < -0.4 is 15.1 Å². The molecule has 204 valence electrons. The molecule has 0 spiro atoms. The zero-order valence-corrected chi connectivity index (χ0v) is 20.8. The molecular weight excluding hydrogens is 566 g/mol. The van der Waals surface area contributed by atoms with Crippen molar-refractivity contribution in [1.82, 2.24) is 19.9 Å². The number of hydrogen-bond acceptors (Lipinski definition) is 7. The molecular formula is C22H18Cl2F7N7. The van der Waals surface area contributed by atoms with Gasteiger partial charge in [0.1, 0.15) is 5.82 Å². The average molecular weight is 584 g/mol. The number of rotatable bonds is 5. The second-order valence-electron chi connectivity index (χ2n) is 8.38. The minimum Gasteiger partial charge on any atom is -0.352 e. The molecule has 7 nitrogen and oxygen atoms in total. The first-order valence-corrected chi connectivity index (χ1v) is 11.7. The standard InChI is InChI=1S/C22H18Cl2F7N7/c1-12-11-37(16-15(23)3-2-8-32-16)9-10-38(12)19-35-17(24)34-18(36-19)33-14-6-4-13(5-7-14)20(25,21(26,27)28)22(29,30)31/h2-8,12H,9-11H2,1H3,(H,33,34,35,36). The zero-order chi connectivity index (χ0) is 27.9. The predicted octanol–water partition coefficient (Wildman–Crippen LogP) is 6.32. The summed E-state index contributed by atoms with van der Waals surface area (Å²) in [6.07, 6.45) is -10.8. The molecule has 1 aliphatic rings. The van der Waals surface area contributed by atoms with Gasteiger partial charge in [0, 0.05) is 43.1 Å². The summed E-state index contributed by atoms with van der Waals surface area (Å²) in [5.41, 5.74) is -7.14. The highest BCUT2D eigenvalue weighted by Crippen LogP contribution is 2.53. The quantitative estimate of drug-likeness (QED) is 0.352. The van der Waals surface area contributed by atoms with Gasteiger partial charge in [0.25, 0.3) is 0 Å². The Morgan fingerprint density at radius 2 is 1.55 bits per heavy atom. The summed E-state index contributed by atoms with van der Waals surface area (Å²) >= 11 is 12.3. The highest BCUT2D eigenvalue weighted by molar-refractivity contribution is 6.32. The maximum atomic E-state index is 14.3. The molecule has 1 aliphatic heterocycles. The van der Waals surface area contributed by atoms with Gasteiger partial charge < -0.3 is 15.1 Å². The van der Waals surface area contributed by atoms with Crippen molar-refractivity contribution in [1.29, 1.82) is 0 Å². The van der Waals surface area contributed by atoms with Crippen molar-refractivity contribution in [2.24, 2.45) is 0 Å². The largest absolute Gasteiger partial charge is 0.435 e. The minimum atomic E-state index is -6.21. The van der Waals surface area contributed by atoms with E-state index in [1.54, 1.807) is 18.3 Å². The zero-order valence-electron chi connectivity index (χ0n) is 19.3. The molecule has 0 amide bonds. The lowest BCUT2D eigenvalue weighted by atomic mass is 9.94. The average Bonchev–Trinajstić information content (AvgIpc) is 2.82. The molecule has 16 heteroatoms. The molecule has 3 aromatic rings. The van der Waals surface area contributed by atoms with Crippen molar-refractivity contribution >= 4 is 46.6 Å². The summed E-state index contributed by atoms with van der Waals surface area (Å²) in [5.74, 6) is 0.710. The topological polar surface area (TPSA) is 70.1 Å². The van der Waals surface area contributed by atoms with Gasteiger partial charge in [0.05, 0.1) is 5.02 Å². The number of nitrogens with zero attached hydrogens (tertiary/aromatic N) is 6. The Kier molecular flexibility index (Phi) is 7.49. The normalized spacial score (nSPS) is 17.1. The minimum absolute atomic E-state index is 0.00340.